The van der Waals surface area contributed by atoms with Crippen molar-refractivity contribution < 1.29 is 23.9 Å². The average Bonchev–Trinajstić information content (AvgIpc) is 2.86. The van der Waals surface area contributed by atoms with E-state index in [0.717, 1.165) is 0 Å². The number of carbonyl (C=O) groups is 3. The van der Waals surface area contributed by atoms with E-state index in [1.54, 1.807) is 47.4 Å². The lowest BCUT2D eigenvalue weighted by Crippen LogP contribution is -2.48. The van der Waals surface area contributed by atoms with Crippen LogP contribution in [0.5, 0.6) is 5.75 Å². The second-order valence-corrected chi connectivity index (χ2v) is 8.73. The Labute approximate surface area is 209 Å². The van der Waals surface area contributed by atoms with Crippen molar-refractivity contribution in [2.75, 3.05) is 32.9 Å². The molecule has 1 fully saturated rings. The van der Waals surface area contributed by atoms with Crippen LogP contribution in [0.3, 0.4) is 0 Å². The molecule has 1 unspecified atom stereocenters. The Morgan fingerprint density at radius 2 is 1.89 bits per heavy atom. The van der Waals surface area contributed by atoms with Crippen LogP contribution in [0.25, 0.3) is 0 Å². The highest BCUT2D eigenvalue weighted by molar-refractivity contribution is 6.31. The molecule has 1 aliphatic heterocycles. The van der Waals surface area contributed by atoms with E-state index >= 15 is 0 Å². The first kappa shape index (κ1) is 26.2. The molecule has 2 N–H and O–H groups in total. The fraction of sp³-hybridized carbons (Fsp3) is 0.360. The number of hydrazone groups is 1. The lowest BCUT2D eigenvalue weighted by molar-refractivity contribution is -0.137. The van der Waals surface area contributed by atoms with Crippen LogP contribution in [0.2, 0.25) is 5.02 Å². The molecule has 35 heavy (non-hydrogen) atoms. The maximum Gasteiger partial charge on any atom is 0.262 e. The van der Waals surface area contributed by atoms with Gasteiger partial charge in [0.25, 0.3) is 17.7 Å². The van der Waals surface area contributed by atoms with Crippen LogP contribution in [0.1, 0.15) is 29.8 Å². The minimum atomic E-state index is -0.792. The molecule has 2 aromatic rings. The van der Waals surface area contributed by atoms with E-state index in [2.05, 4.69) is 15.8 Å². The number of hydrogen-bond donors (Lipinski definition) is 2. The second-order valence-electron chi connectivity index (χ2n) is 8.29. The molecule has 9 nitrogen and oxygen atoms in total. The van der Waals surface area contributed by atoms with Crippen molar-refractivity contribution in [3.8, 4) is 5.75 Å². The zero-order valence-corrected chi connectivity index (χ0v) is 20.5. The molecule has 1 saturated heterocycles. The number of rotatable bonds is 9. The summed E-state index contributed by atoms with van der Waals surface area (Å²) in [6, 6.07) is 12.7. The summed E-state index contributed by atoms with van der Waals surface area (Å²) < 4.78 is 10.9. The van der Waals surface area contributed by atoms with Crippen LogP contribution in [-0.4, -0.2) is 67.8 Å². The van der Waals surface area contributed by atoms with E-state index in [-0.39, 0.29) is 18.4 Å². The summed E-state index contributed by atoms with van der Waals surface area (Å²) in [6.45, 7) is 5.77. The predicted molar refractivity (Wildman–Crippen MR) is 133 cm³/mol. The number of ether oxygens (including phenoxy) is 2. The highest BCUT2D eigenvalue weighted by Crippen LogP contribution is 2.13. The van der Waals surface area contributed by atoms with Crippen molar-refractivity contribution >= 4 is 35.5 Å². The Morgan fingerprint density at radius 1 is 1.14 bits per heavy atom. The number of nitrogens with one attached hydrogen (secondary N) is 2. The Balaban J connectivity index is 1.53. The highest BCUT2D eigenvalue weighted by atomic mass is 35.5. The lowest BCUT2D eigenvalue weighted by Gasteiger charge is -2.26. The van der Waals surface area contributed by atoms with Crippen LogP contribution in [0.4, 0.5) is 0 Å². The number of benzene rings is 2. The Kier molecular flexibility index (Phi) is 9.63. The van der Waals surface area contributed by atoms with E-state index in [0.29, 0.717) is 48.2 Å². The zero-order chi connectivity index (χ0) is 25.2. The van der Waals surface area contributed by atoms with Gasteiger partial charge in [-0.15, -0.1) is 0 Å². The van der Waals surface area contributed by atoms with E-state index in [9.17, 15) is 14.4 Å². The van der Waals surface area contributed by atoms with Gasteiger partial charge in [0, 0.05) is 23.7 Å². The van der Waals surface area contributed by atoms with Gasteiger partial charge in [0.1, 0.15) is 11.8 Å². The van der Waals surface area contributed by atoms with Crippen LogP contribution < -0.4 is 15.5 Å². The molecule has 1 aliphatic rings. The van der Waals surface area contributed by atoms with Crippen molar-refractivity contribution in [3.05, 3.63) is 64.7 Å². The van der Waals surface area contributed by atoms with Crippen molar-refractivity contribution in [3.63, 3.8) is 0 Å². The first-order chi connectivity index (χ1) is 16.8. The van der Waals surface area contributed by atoms with Crippen molar-refractivity contribution in [1.29, 1.82) is 0 Å². The summed E-state index contributed by atoms with van der Waals surface area (Å²) in [4.78, 5) is 39.1. The molecule has 0 aromatic heterocycles. The van der Waals surface area contributed by atoms with Gasteiger partial charge >= 0.3 is 0 Å². The predicted octanol–water partition coefficient (Wildman–Crippen LogP) is 2.48. The van der Waals surface area contributed by atoms with Gasteiger partial charge in [0.15, 0.2) is 6.61 Å². The molecule has 0 bridgehead atoms. The molecular weight excluding hydrogens is 472 g/mol. The van der Waals surface area contributed by atoms with Gasteiger partial charge in [-0.05, 0) is 41.8 Å². The van der Waals surface area contributed by atoms with Gasteiger partial charge in [0.2, 0.25) is 0 Å². The lowest BCUT2D eigenvalue weighted by atomic mass is 10.0. The van der Waals surface area contributed by atoms with Gasteiger partial charge in [-0.25, -0.2) is 5.43 Å². The highest BCUT2D eigenvalue weighted by Gasteiger charge is 2.24. The van der Waals surface area contributed by atoms with Crippen LogP contribution >= 0.6 is 11.6 Å². The van der Waals surface area contributed by atoms with Crippen LogP contribution in [0, 0.1) is 5.92 Å². The molecule has 0 saturated carbocycles. The van der Waals surface area contributed by atoms with Gasteiger partial charge in [-0.3, -0.25) is 14.4 Å². The molecule has 3 amide bonds. The molecule has 0 spiro atoms. The molecule has 3 rings (SSSR count). The van der Waals surface area contributed by atoms with Crippen molar-refractivity contribution in [1.82, 2.24) is 15.6 Å². The summed E-state index contributed by atoms with van der Waals surface area (Å²) in [6.07, 6.45) is 1.46. The fourth-order valence-corrected chi connectivity index (χ4v) is 3.55. The summed E-state index contributed by atoms with van der Waals surface area (Å²) in [5.41, 5.74) is 3.51. The first-order valence-electron chi connectivity index (χ1n) is 11.3. The van der Waals surface area contributed by atoms with Gasteiger partial charge in [-0.1, -0.05) is 43.6 Å². The minimum Gasteiger partial charge on any atom is -0.484 e. The molecule has 186 valence electrons. The third-order valence-corrected chi connectivity index (χ3v) is 5.53. The first-order valence-corrected chi connectivity index (χ1v) is 11.7. The summed E-state index contributed by atoms with van der Waals surface area (Å²) in [5.74, 6) is -0.610. The van der Waals surface area contributed by atoms with E-state index in [1.165, 1.54) is 12.3 Å². The molecule has 0 radical (unpaired) electrons. The topological polar surface area (TPSA) is 109 Å². The number of amides is 3. The van der Waals surface area contributed by atoms with Crippen LogP contribution in [0.15, 0.2) is 53.6 Å². The maximum atomic E-state index is 12.7. The zero-order valence-electron chi connectivity index (χ0n) is 19.7. The second kappa shape index (κ2) is 12.9. The smallest absolute Gasteiger partial charge is 0.262 e. The Hall–Kier alpha value is -3.43. The number of hydrogen-bond acceptors (Lipinski definition) is 6. The Bertz CT molecular complexity index is 1070. The molecule has 1 atom stereocenters. The van der Waals surface area contributed by atoms with Crippen molar-refractivity contribution in [2.45, 2.75) is 19.9 Å². The number of carbonyl (C=O) groups excluding carboxylic acids is 3. The summed E-state index contributed by atoms with van der Waals surface area (Å²) in [5, 5.41) is 7.17. The minimum absolute atomic E-state index is 0.0697. The monoisotopic (exact) mass is 500 g/mol. The third kappa shape index (κ3) is 8.08. The standard InChI is InChI=1S/C25H29ClN4O5/c1-17(2)23(28-24(32)19-6-4-7-20(26)14-19)25(33)29-27-15-18-5-3-8-21(13-18)35-16-22(31)30-9-11-34-12-10-30/h3-8,13-15,17,23H,9-12,16H2,1-2H3,(H,28,32)(H,29,33)/b27-15-. The Morgan fingerprint density at radius 3 is 2.60 bits per heavy atom. The van der Waals surface area contributed by atoms with E-state index < -0.39 is 17.9 Å². The molecule has 0 aliphatic carbocycles. The van der Waals surface area contributed by atoms with Gasteiger partial charge < -0.3 is 19.7 Å². The van der Waals surface area contributed by atoms with Gasteiger partial charge in [-0.2, -0.15) is 5.10 Å². The molecule has 10 heteroatoms. The number of halogens is 1. The van der Waals surface area contributed by atoms with E-state index in [1.807, 2.05) is 13.8 Å². The van der Waals surface area contributed by atoms with Crippen molar-refractivity contribution in [2.24, 2.45) is 11.0 Å². The van der Waals surface area contributed by atoms with Crippen LogP contribution in [-0.2, 0) is 14.3 Å². The quantitative estimate of drug-likeness (QED) is 0.406. The normalized spacial score (nSPS) is 14.6. The summed E-state index contributed by atoms with van der Waals surface area (Å²) in [7, 11) is 0. The average molecular weight is 501 g/mol. The van der Waals surface area contributed by atoms with E-state index in [4.69, 9.17) is 21.1 Å². The largest absolute Gasteiger partial charge is 0.484 e. The molecule has 1 heterocycles. The summed E-state index contributed by atoms with van der Waals surface area (Å²) >= 11 is 5.95. The number of nitrogens with zero attached hydrogens (tertiary/aromatic N) is 2. The third-order valence-electron chi connectivity index (χ3n) is 5.30. The molecular formula is C25H29ClN4O5. The maximum absolute atomic E-state index is 12.7. The fourth-order valence-electron chi connectivity index (χ4n) is 3.36. The number of morpholine rings is 1. The molecule has 2 aromatic carbocycles. The van der Waals surface area contributed by atoms with Gasteiger partial charge in [0.05, 0.1) is 19.4 Å². The SMILES string of the molecule is CC(C)C(NC(=O)c1cccc(Cl)c1)C(=O)N/N=C\c1cccc(OCC(=O)N2CCOCC2)c1.